The molecule has 1 aliphatic rings. The van der Waals surface area contributed by atoms with Crippen LogP contribution in [0.5, 0.6) is 0 Å². The van der Waals surface area contributed by atoms with Crippen LogP contribution in [-0.2, 0) is 19.4 Å². The highest BCUT2D eigenvalue weighted by atomic mass is 32.2. The van der Waals surface area contributed by atoms with Gasteiger partial charge in [-0.25, -0.2) is 13.2 Å². The fraction of sp³-hybridized carbons (Fsp3) is 0.0769. The Balaban J connectivity index is 1.93. The second-order valence-corrected chi connectivity index (χ2v) is 11.0. The summed E-state index contributed by atoms with van der Waals surface area (Å²) in [5.74, 6) is -2.23. The van der Waals surface area contributed by atoms with Crippen molar-refractivity contribution in [2.45, 2.75) is 10.8 Å². The Hall–Kier alpha value is -4.35. The van der Waals surface area contributed by atoms with E-state index in [0.717, 1.165) is 15.9 Å². The van der Waals surface area contributed by atoms with Gasteiger partial charge in [0.2, 0.25) is 9.84 Å². The Morgan fingerprint density at radius 2 is 1.76 bits per heavy atom. The van der Waals surface area contributed by atoms with Crippen LogP contribution in [0.25, 0.3) is 17.5 Å². The number of benzene rings is 1. The maximum Gasteiger partial charge on any atom is 0.337 e. The SMILES string of the molecule is COC(=O)C1=c2s/c(=C/c3cccnc3)c(=O)n2C(N)=C(S(=O)(=O)c2ccccc2)[C@@H]1c1cccnc1. The van der Waals surface area contributed by atoms with Gasteiger partial charge in [-0.15, -0.1) is 11.3 Å². The Bertz CT molecular complexity index is 1810. The fourth-order valence-electron chi connectivity index (χ4n) is 4.21. The molecule has 1 atom stereocenters. The predicted molar refractivity (Wildman–Crippen MR) is 139 cm³/mol. The number of thiazole rings is 1. The number of carbonyl (C=O) groups is 1. The number of carbonyl (C=O) groups excluding carboxylic acids is 1. The number of pyridine rings is 2. The monoisotopic (exact) mass is 532 g/mol. The molecule has 0 spiro atoms. The zero-order valence-electron chi connectivity index (χ0n) is 19.4. The number of methoxy groups -OCH3 is 1. The second-order valence-electron chi connectivity index (χ2n) is 8.03. The van der Waals surface area contributed by atoms with Gasteiger partial charge in [0.25, 0.3) is 5.56 Å². The minimum absolute atomic E-state index is 0.0212. The van der Waals surface area contributed by atoms with Crippen molar-refractivity contribution >= 4 is 44.6 Å². The molecule has 37 heavy (non-hydrogen) atoms. The molecule has 0 unspecified atom stereocenters. The van der Waals surface area contributed by atoms with Crippen LogP contribution in [0, 0.1) is 0 Å². The molecule has 9 nitrogen and oxygen atoms in total. The highest BCUT2D eigenvalue weighted by Gasteiger charge is 2.42. The van der Waals surface area contributed by atoms with Crippen LogP contribution >= 0.6 is 11.3 Å². The number of hydrogen-bond acceptors (Lipinski definition) is 9. The zero-order valence-corrected chi connectivity index (χ0v) is 21.1. The largest absolute Gasteiger partial charge is 0.466 e. The van der Waals surface area contributed by atoms with Crippen LogP contribution in [0.3, 0.4) is 0 Å². The quantitative estimate of drug-likeness (QED) is 0.379. The van der Waals surface area contributed by atoms with Gasteiger partial charge in [0.15, 0.2) is 0 Å². The first-order valence-electron chi connectivity index (χ1n) is 11.0. The first kappa shape index (κ1) is 24.3. The lowest BCUT2D eigenvalue weighted by Crippen LogP contribution is -2.41. The number of aromatic nitrogens is 3. The molecule has 4 heterocycles. The lowest BCUT2D eigenvalue weighted by atomic mass is 9.90. The van der Waals surface area contributed by atoms with E-state index in [4.69, 9.17) is 10.5 Å². The predicted octanol–water partition coefficient (Wildman–Crippen LogP) is 1.21. The highest BCUT2D eigenvalue weighted by molar-refractivity contribution is 7.95. The van der Waals surface area contributed by atoms with Gasteiger partial charge >= 0.3 is 5.97 Å². The fourth-order valence-corrected chi connectivity index (χ4v) is 7.07. The molecule has 4 aromatic rings. The van der Waals surface area contributed by atoms with Gasteiger partial charge in [-0.1, -0.05) is 30.3 Å². The number of nitrogens with zero attached hydrogens (tertiary/aromatic N) is 3. The van der Waals surface area contributed by atoms with Crippen LogP contribution in [0.1, 0.15) is 17.0 Å². The summed E-state index contributed by atoms with van der Waals surface area (Å²) >= 11 is 1.02. The van der Waals surface area contributed by atoms with Crippen molar-refractivity contribution in [1.82, 2.24) is 14.5 Å². The third-order valence-corrected chi connectivity index (χ3v) is 8.87. The van der Waals surface area contributed by atoms with Gasteiger partial charge in [-0.3, -0.25) is 19.3 Å². The van der Waals surface area contributed by atoms with Crippen LogP contribution in [-0.4, -0.2) is 36.0 Å². The third kappa shape index (κ3) is 4.17. The van der Waals surface area contributed by atoms with E-state index in [1.165, 1.54) is 31.6 Å². The number of nitrogens with two attached hydrogens (primary N) is 1. The molecule has 3 aromatic heterocycles. The molecular weight excluding hydrogens is 512 g/mol. The lowest BCUT2D eigenvalue weighted by molar-refractivity contribution is -0.134. The van der Waals surface area contributed by atoms with Gasteiger partial charge in [0.05, 0.1) is 28.0 Å². The number of sulfone groups is 1. The molecule has 1 aromatic carbocycles. The molecule has 0 saturated heterocycles. The van der Waals surface area contributed by atoms with Gasteiger partial charge in [0.1, 0.15) is 15.4 Å². The molecule has 2 N–H and O–H groups in total. The molecular formula is C26H20N4O5S2. The maximum absolute atomic E-state index is 14.0. The van der Waals surface area contributed by atoms with Crippen molar-refractivity contribution in [3.05, 3.63) is 115 Å². The van der Waals surface area contributed by atoms with E-state index in [1.807, 2.05) is 0 Å². The minimum atomic E-state index is -4.27. The summed E-state index contributed by atoms with van der Waals surface area (Å²) in [6.07, 6.45) is 7.79. The van der Waals surface area contributed by atoms with Gasteiger partial charge in [0, 0.05) is 24.8 Å². The lowest BCUT2D eigenvalue weighted by Gasteiger charge is -2.27. The normalized spacial score (nSPS) is 16.0. The first-order chi connectivity index (χ1) is 17.8. The second kappa shape index (κ2) is 9.60. The molecule has 0 fully saturated rings. The molecule has 1 aliphatic heterocycles. The van der Waals surface area contributed by atoms with Crippen LogP contribution in [0.4, 0.5) is 0 Å². The number of ether oxygens (including phenoxy) is 1. The van der Waals surface area contributed by atoms with Gasteiger partial charge in [-0.05, 0) is 41.5 Å². The van der Waals surface area contributed by atoms with E-state index < -0.39 is 27.3 Å². The average molecular weight is 533 g/mol. The van der Waals surface area contributed by atoms with Crippen molar-refractivity contribution in [2.24, 2.45) is 5.73 Å². The van der Waals surface area contributed by atoms with Crippen molar-refractivity contribution in [3.63, 3.8) is 0 Å². The number of hydrogen-bond donors (Lipinski definition) is 1. The third-order valence-electron chi connectivity index (χ3n) is 5.85. The van der Waals surface area contributed by atoms with Crippen LogP contribution in [0.15, 0.2) is 94.0 Å². The van der Waals surface area contributed by atoms with Crippen molar-refractivity contribution in [3.8, 4) is 0 Å². The van der Waals surface area contributed by atoms with Crippen LogP contribution < -0.4 is 20.5 Å². The Kier molecular flexibility index (Phi) is 6.32. The Morgan fingerprint density at radius 3 is 2.38 bits per heavy atom. The number of allylic oxidation sites excluding steroid dienone is 1. The van der Waals surface area contributed by atoms with Gasteiger partial charge in [-0.2, -0.15) is 0 Å². The maximum atomic E-state index is 14.0. The molecule has 0 aliphatic carbocycles. The molecule has 5 rings (SSSR count). The summed E-state index contributed by atoms with van der Waals surface area (Å²) in [6.45, 7) is 0. The first-order valence-corrected chi connectivity index (χ1v) is 13.3. The van der Waals surface area contributed by atoms with E-state index in [2.05, 4.69) is 9.97 Å². The summed E-state index contributed by atoms with van der Waals surface area (Å²) in [4.78, 5) is 34.7. The molecule has 0 saturated carbocycles. The van der Waals surface area contributed by atoms with E-state index in [1.54, 1.807) is 60.9 Å². The molecule has 11 heteroatoms. The summed E-state index contributed by atoms with van der Waals surface area (Å²) in [5.41, 5.74) is 6.99. The standard InChI is InChI=1S/C26H20N4O5S2/c1-35-26(32)21-20(17-8-6-12-29-15-17)22(37(33,34)18-9-3-2-4-10-18)23(27)30-24(31)19(36-25(21)30)13-16-7-5-11-28-14-16/h2-15,20H,27H2,1H3/b19-13+/t20-/m1/s1. The van der Waals surface area contributed by atoms with Crippen molar-refractivity contribution in [2.75, 3.05) is 7.11 Å². The summed E-state index contributed by atoms with van der Waals surface area (Å²) < 4.78 is 34.6. The number of fused-ring (bicyclic) bond motifs is 1. The zero-order chi connectivity index (χ0) is 26.2. The van der Waals surface area contributed by atoms with E-state index >= 15 is 0 Å². The molecule has 0 radical (unpaired) electrons. The molecule has 0 amide bonds. The number of esters is 1. The molecule has 0 bridgehead atoms. The van der Waals surface area contributed by atoms with Crippen molar-refractivity contribution < 1.29 is 17.9 Å². The topological polar surface area (TPSA) is 134 Å². The number of rotatable bonds is 5. The minimum Gasteiger partial charge on any atom is -0.466 e. The van der Waals surface area contributed by atoms with Crippen LogP contribution in [0.2, 0.25) is 0 Å². The highest BCUT2D eigenvalue weighted by Crippen LogP contribution is 2.41. The Labute approximate surface area is 215 Å². The smallest absolute Gasteiger partial charge is 0.337 e. The summed E-state index contributed by atoms with van der Waals surface area (Å²) in [5, 5.41) is 0. The van der Waals surface area contributed by atoms with Crippen molar-refractivity contribution in [1.29, 1.82) is 0 Å². The Morgan fingerprint density at radius 1 is 1.05 bits per heavy atom. The molecule has 186 valence electrons. The summed E-state index contributed by atoms with van der Waals surface area (Å²) in [7, 11) is -3.07. The van der Waals surface area contributed by atoms with Gasteiger partial charge < -0.3 is 10.5 Å². The van der Waals surface area contributed by atoms with E-state index in [0.29, 0.717) is 11.1 Å². The van der Waals surface area contributed by atoms with E-state index in [-0.39, 0.29) is 30.4 Å². The average Bonchev–Trinajstić information content (AvgIpc) is 3.25. The summed E-state index contributed by atoms with van der Waals surface area (Å²) in [6, 6.07) is 14.5. The van der Waals surface area contributed by atoms with E-state index in [9.17, 15) is 18.0 Å².